The Morgan fingerprint density at radius 2 is 2.17 bits per heavy atom. The lowest BCUT2D eigenvalue weighted by Crippen LogP contribution is -2.45. The van der Waals surface area contributed by atoms with E-state index < -0.39 is 0 Å². The minimum absolute atomic E-state index is 0.114. The molecule has 1 aliphatic rings. The van der Waals surface area contributed by atoms with Crippen molar-refractivity contribution in [2.75, 3.05) is 20.2 Å². The largest absolute Gasteiger partial charge is 0.381 e. The van der Waals surface area contributed by atoms with Crippen molar-refractivity contribution >= 4 is 16.8 Å². The van der Waals surface area contributed by atoms with Crippen molar-refractivity contribution in [3.63, 3.8) is 0 Å². The predicted octanol–water partition coefficient (Wildman–Crippen LogP) is 1.95. The fraction of sp³-hybridized carbons (Fsp3) is 0.444. The number of primary amides is 1. The van der Waals surface area contributed by atoms with Gasteiger partial charge in [-0.3, -0.25) is 14.7 Å². The monoisotopic (exact) mass is 313 g/mol. The molecule has 3 rings (SSSR count). The summed E-state index contributed by atoms with van der Waals surface area (Å²) >= 11 is 0. The molecule has 0 aliphatic carbocycles. The van der Waals surface area contributed by atoms with Crippen LogP contribution in [-0.2, 0) is 16.1 Å². The Morgan fingerprint density at radius 1 is 1.35 bits per heavy atom. The molecule has 0 saturated carbocycles. The Balaban J connectivity index is 1.70. The van der Waals surface area contributed by atoms with E-state index in [1.807, 2.05) is 18.2 Å². The zero-order valence-corrected chi connectivity index (χ0v) is 13.4. The average Bonchev–Trinajstić information content (AvgIpc) is 2.54. The highest BCUT2D eigenvalue weighted by molar-refractivity contribution is 5.78. The van der Waals surface area contributed by atoms with Gasteiger partial charge in [0.05, 0.1) is 17.3 Å². The summed E-state index contributed by atoms with van der Waals surface area (Å²) in [6.07, 6.45) is 1.41. The Hall–Kier alpha value is -1.98. The third-order valence-corrected chi connectivity index (χ3v) is 4.56. The maximum Gasteiger partial charge on any atom is 0.217 e. The predicted molar refractivity (Wildman–Crippen MR) is 89.7 cm³/mol. The van der Waals surface area contributed by atoms with Crippen LogP contribution in [-0.4, -0.2) is 42.1 Å². The van der Waals surface area contributed by atoms with Crippen LogP contribution in [0.25, 0.3) is 10.9 Å². The van der Waals surface area contributed by atoms with E-state index >= 15 is 0 Å². The number of pyridine rings is 1. The fourth-order valence-corrected chi connectivity index (χ4v) is 3.42. The highest BCUT2D eigenvalue weighted by atomic mass is 16.5. The van der Waals surface area contributed by atoms with Crippen LogP contribution in [0.1, 0.15) is 18.5 Å². The van der Waals surface area contributed by atoms with Crippen molar-refractivity contribution in [2.45, 2.75) is 25.5 Å². The van der Waals surface area contributed by atoms with Crippen LogP contribution in [0.15, 0.2) is 36.4 Å². The summed E-state index contributed by atoms with van der Waals surface area (Å²) < 4.78 is 5.51. The summed E-state index contributed by atoms with van der Waals surface area (Å²) in [4.78, 5) is 18.3. The first-order valence-corrected chi connectivity index (χ1v) is 8.04. The van der Waals surface area contributed by atoms with Crippen molar-refractivity contribution < 1.29 is 9.53 Å². The molecule has 0 unspecified atom stereocenters. The zero-order valence-electron chi connectivity index (χ0n) is 13.4. The molecule has 1 saturated heterocycles. The van der Waals surface area contributed by atoms with Gasteiger partial charge in [-0.15, -0.1) is 0 Å². The maximum absolute atomic E-state index is 11.3. The van der Waals surface area contributed by atoms with Crippen LogP contribution in [0.5, 0.6) is 0 Å². The third-order valence-electron chi connectivity index (χ3n) is 4.56. The summed E-state index contributed by atoms with van der Waals surface area (Å²) in [5.41, 5.74) is 7.45. The number of amides is 1. The Morgan fingerprint density at radius 3 is 2.96 bits per heavy atom. The second kappa shape index (κ2) is 7.06. The van der Waals surface area contributed by atoms with E-state index in [1.165, 1.54) is 0 Å². The summed E-state index contributed by atoms with van der Waals surface area (Å²) in [6.45, 7) is 2.55. The molecule has 23 heavy (non-hydrogen) atoms. The number of carbonyl (C=O) groups is 1. The number of hydrogen-bond donors (Lipinski definition) is 1. The van der Waals surface area contributed by atoms with Crippen molar-refractivity contribution in [2.24, 2.45) is 11.7 Å². The van der Waals surface area contributed by atoms with Crippen LogP contribution in [0.3, 0.4) is 0 Å². The number of aromatic nitrogens is 1. The number of ether oxygens (including phenoxy) is 1. The Bertz CT molecular complexity index is 689. The minimum Gasteiger partial charge on any atom is -0.381 e. The molecule has 5 nitrogen and oxygen atoms in total. The molecule has 1 amide bonds. The van der Waals surface area contributed by atoms with E-state index in [9.17, 15) is 4.79 Å². The molecule has 2 atom stereocenters. The number of rotatable bonds is 5. The third kappa shape index (κ3) is 3.86. The van der Waals surface area contributed by atoms with Gasteiger partial charge in [0.15, 0.2) is 0 Å². The van der Waals surface area contributed by atoms with Crippen molar-refractivity contribution in [3.05, 3.63) is 42.1 Å². The number of para-hydroxylation sites is 1. The molecule has 1 aromatic heterocycles. The summed E-state index contributed by atoms with van der Waals surface area (Å²) in [6, 6.07) is 12.3. The number of nitrogens with two attached hydrogens (primary N) is 1. The van der Waals surface area contributed by atoms with Gasteiger partial charge in [0, 0.05) is 44.5 Å². The molecule has 2 aromatic rings. The van der Waals surface area contributed by atoms with Gasteiger partial charge in [0.2, 0.25) is 5.91 Å². The van der Waals surface area contributed by atoms with Crippen molar-refractivity contribution in [1.82, 2.24) is 9.88 Å². The highest BCUT2D eigenvalue weighted by Gasteiger charge is 2.30. The zero-order chi connectivity index (χ0) is 16.2. The number of fused-ring (bicyclic) bond motifs is 1. The molecule has 0 radical (unpaired) electrons. The number of nitrogens with zero attached hydrogens (tertiary/aromatic N) is 2. The molecule has 122 valence electrons. The van der Waals surface area contributed by atoms with Crippen LogP contribution in [0.2, 0.25) is 0 Å². The van der Waals surface area contributed by atoms with E-state index in [1.54, 1.807) is 7.11 Å². The van der Waals surface area contributed by atoms with Gasteiger partial charge in [-0.1, -0.05) is 24.3 Å². The van der Waals surface area contributed by atoms with E-state index in [-0.39, 0.29) is 17.9 Å². The molecular formula is C18H23N3O2. The summed E-state index contributed by atoms with van der Waals surface area (Å²) in [5.74, 6) is -0.102. The van der Waals surface area contributed by atoms with Crippen LogP contribution in [0, 0.1) is 5.92 Å². The number of hydrogen-bond acceptors (Lipinski definition) is 4. The second-order valence-electron chi connectivity index (χ2n) is 6.22. The number of benzene rings is 1. The van der Waals surface area contributed by atoms with Crippen LogP contribution < -0.4 is 5.73 Å². The first-order chi connectivity index (χ1) is 11.2. The first kappa shape index (κ1) is 15.9. The van der Waals surface area contributed by atoms with Gasteiger partial charge < -0.3 is 10.5 Å². The Labute approximate surface area is 136 Å². The number of likely N-dealkylation sites (tertiary alicyclic amines) is 1. The van der Waals surface area contributed by atoms with Gasteiger partial charge >= 0.3 is 0 Å². The quantitative estimate of drug-likeness (QED) is 0.916. The number of methoxy groups -OCH3 is 1. The van der Waals surface area contributed by atoms with E-state index in [0.29, 0.717) is 6.42 Å². The van der Waals surface area contributed by atoms with Gasteiger partial charge in [0.25, 0.3) is 0 Å². The van der Waals surface area contributed by atoms with Crippen molar-refractivity contribution in [1.29, 1.82) is 0 Å². The van der Waals surface area contributed by atoms with Crippen molar-refractivity contribution in [3.8, 4) is 0 Å². The fourth-order valence-electron chi connectivity index (χ4n) is 3.42. The lowest BCUT2D eigenvalue weighted by Gasteiger charge is -2.37. The van der Waals surface area contributed by atoms with Crippen LogP contribution in [0.4, 0.5) is 0 Å². The number of carbonyl (C=O) groups excluding carboxylic acids is 1. The molecule has 0 bridgehead atoms. The standard InChI is InChI=1S/C18H23N3O2/c1-23-17-8-9-21(11-14(17)10-18(19)22)12-15-7-6-13-4-2-3-5-16(13)20-15/h2-7,14,17H,8-12H2,1H3,(H2,19,22)/t14-,17-/m1/s1. The molecule has 1 aliphatic heterocycles. The Kier molecular flexibility index (Phi) is 4.88. The molecule has 1 fully saturated rings. The van der Waals surface area contributed by atoms with E-state index in [0.717, 1.165) is 42.7 Å². The smallest absolute Gasteiger partial charge is 0.217 e. The molecule has 2 N–H and O–H groups in total. The SMILES string of the molecule is CO[C@@H]1CCN(Cc2ccc3ccccc3n2)C[C@H]1CC(N)=O. The second-order valence-corrected chi connectivity index (χ2v) is 6.22. The molecule has 5 heteroatoms. The summed E-state index contributed by atoms with van der Waals surface area (Å²) in [7, 11) is 1.71. The summed E-state index contributed by atoms with van der Waals surface area (Å²) in [5, 5.41) is 1.15. The molecule has 2 heterocycles. The van der Waals surface area contributed by atoms with Gasteiger partial charge in [-0.05, 0) is 18.6 Å². The number of piperidine rings is 1. The minimum atomic E-state index is -0.261. The molecular weight excluding hydrogens is 290 g/mol. The first-order valence-electron chi connectivity index (χ1n) is 8.04. The van der Waals surface area contributed by atoms with E-state index in [4.69, 9.17) is 15.5 Å². The maximum atomic E-state index is 11.3. The lowest BCUT2D eigenvalue weighted by molar-refractivity contribution is -0.121. The molecule has 1 aromatic carbocycles. The highest BCUT2D eigenvalue weighted by Crippen LogP contribution is 2.24. The van der Waals surface area contributed by atoms with Crippen LogP contribution >= 0.6 is 0 Å². The normalized spacial score (nSPS) is 22.3. The average molecular weight is 313 g/mol. The van der Waals surface area contributed by atoms with Gasteiger partial charge in [-0.2, -0.15) is 0 Å². The van der Waals surface area contributed by atoms with E-state index in [2.05, 4.69) is 23.1 Å². The topological polar surface area (TPSA) is 68.4 Å². The van der Waals surface area contributed by atoms with Gasteiger partial charge in [-0.25, -0.2) is 0 Å². The van der Waals surface area contributed by atoms with Gasteiger partial charge in [0.1, 0.15) is 0 Å². The lowest BCUT2D eigenvalue weighted by atomic mass is 9.91. The molecule has 0 spiro atoms.